The van der Waals surface area contributed by atoms with Gasteiger partial charge in [-0.25, -0.2) is 4.79 Å². The third-order valence-corrected chi connectivity index (χ3v) is 4.62. The Balaban J connectivity index is 1.86. The van der Waals surface area contributed by atoms with E-state index < -0.39 is 0 Å². The van der Waals surface area contributed by atoms with Gasteiger partial charge in [0.25, 0.3) is 0 Å². The molecule has 0 aliphatic heterocycles. The topological polar surface area (TPSA) is 50.4 Å². The van der Waals surface area contributed by atoms with Crippen molar-refractivity contribution in [3.05, 3.63) is 58.7 Å². The number of anilines is 1. The maximum atomic E-state index is 12.3. The quantitative estimate of drug-likeness (QED) is 0.642. The first-order chi connectivity index (χ1) is 12.9. The number of benzene rings is 2. The summed E-state index contributed by atoms with van der Waals surface area (Å²) in [7, 11) is 0. The van der Waals surface area contributed by atoms with Crippen molar-refractivity contribution in [3.8, 4) is 5.75 Å². The van der Waals surface area contributed by atoms with E-state index in [-0.39, 0.29) is 12.1 Å². The Morgan fingerprint density at radius 3 is 2.41 bits per heavy atom. The summed E-state index contributed by atoms with van der Waals surface area (Å²) in [6.07, 6.45) is 3.45. The van der Waals surface area contributed by atoms with Crippen LogP contribution in [0.25, 0.3) is 0 Å². The van der Waals surface area contributed by atoms with Crippen molar-refractivity contribution >= 4 is 11.7 Å². The van der Waals surface area contributed by atoms with Crippen LogP contribution in [0.2, 0.25) is 0 Å². The first-order valence-corrected chi connectivity index (χ1v) is 9.76. The Bertz CT molecular complexity index is 751. The third kappa shape index (κ3) is 6.31. The van der Waals surface area contributed by atoms with Crippen molar-refractivity contribution in [3.63, 3.8) is 0 Å². The van der Waals surface area contributed by atoms with Crippen molar-refractivity contribution in [2.75, 3.05) is 11.9 Å². The molecule has 146 valence electrons. The lowest BCUT2D eigenvalue weighted by atomic mass is 10.0. The molecule has 27 heavy (non-hydrogen) atoms. The van der Waals surface area contributed by atoms with E-state index in [9.17, 15) is 4.79 Å². The second-order valence-electron chi connectivity index (χ2n) is 7.28. The Hall–Kier alpha value is -2.49. The van der Waals surface area contributed by atoms with Crippen molar-refractivity contribution in [1.29, 1.82) is 0 Å². The molecule has 0 aromatic heterocycles. The highest BCUT2D eigenvalue weighted by Crippen LogP contribution is 2.22. The van der Waals surface area contributed by atoms with E-state index in [1.54, 1.807) is 0 Å². The van der Waals surface area contributed by atoms with Gasteiger partial charge in [0.15, 0.2) is 0 Å². The number of ether oxygens (including phenoxy) is 1. The van der Waals surface area contributed by atoms with Crippen LogP contribution in [0.3, 0.4) is 0 Å². The van der Waals surface area contributed by atoms with E-state index in [1.165, 1.54) is 18.4 Å². The molecule has 2 aromatic rings. The molecule has 0 heterocycles. The minimum atomic E-state index is -0.211. The zero-order valence-corrected chi connectivity index (χ0v) is 17.2. The van der Waals surface area contributed by atoms with E-state index in [1.807, 2.05) is 52.0 Å². The van der Waals surface area contributed by atoms with Gasteiger partial charge in [-0.05, 0) is 68.9 Å². The molecule has 0 spiro atoms. The van der Waals surface area contributed by atoms with E-state index in [4.69, 9.17) is 4.74 Å². The second kappa shape index (κ2) is 10.0. The molecule has 4 heteroatoms. The van der Waals surface area contributed by atoms with Gasteiger partial charge >= 0.3 is 6.03 Å². The molecule has 4 nitrogen and oxygen atoms in total. The van der Waals surface area contributed by atoms with Gasteiger partial charge in [-0.2, -0.15) is 0 Å². The highest BCUT2D eigenvalue weighted by Gasteiger charge is 2.11. The Kier molecular flexibility index (Phi) is 7.71. The fourth-order valence-corrected chi connectivity index (χ4v) is 3.06. The summed E-state index contributed by atoms with van der Waals surface area (Å²) in [5.74, 6) is 0.894. The van der Waals surface area contributed by atoms with Crippen LogP contribution in [0.1, 0.15) is 48.9 Å². The molecule has 1 unspecified atom stereocenters. The van der Waals surface area contributed by atoms with Gasteiger partial charge in [-0.1, -0.05) is 43.7 Å². The number of aryl methyl sites for hydroxylation is 4. The van der Waals surface area contributed by atoms with Gasteiger partial charge in [0.2, 0.25) is 0 Å². The minimum Gasteiger partial charge on any atom is -0.491 e. The molecule has 0 fully saturated rings. The van der Waals surface area contributed by atoms with Crippen LogP contribution < -0.4 is 15.4 Å². The normalized spacial score (nSPS) is 11.7. The SMILES string of the molecule is CCCCc1ccc(NC(=O)NC(C)COc2c(C)cccc2C)c(C)c1. The summed E-state index contributed by atoms with van der Waals surface area (Å²) in [5, 5.41) is 5.88. The molecule has 0 saturated carbocycles. The molecular weight excluding hydrogens is 336 g/mol. The van der Waals surface area contributed by atoms with Crippen molar-refractivity contribution in [2.45, 2.75) is 59.9 Å². The maximum Gasteiger partial charge on any atom is 0.319 e. The zero-order chi connectivity index (χ0) is 19.8. The van der Waals surface area contributed by atoms with Crippen LogP contribution in [0, 0.1) is 20.8 Å². The van der Waals surface area contributed by atoms with E-state index in [0.29, 0.717) is 6.61 Å². The Morgan fingerprint density at radius 2 is 1.78 bits per heavy atom. The maximum absolute atomic E-state index is 12.3. The summed E-state index contributed by atoms with van der Waals surface area (Å²) in [4.78, 5) is 12.3. The number of nitrogens with one attached hydrogen (secondary N) is 2. The molecular formula is C23H32N2O2. The zero-order valence-electron chi connectivity index (χ0n) is 17.2. The van der Waals surface area contributed by atoms with Gasteiger partial charge in [0.1, 0.15) is 12.4 Å². The highest BCUT2D eigenvalue weighted by molar-refractivity contribution is 5.90. The van der Waals surface area contributed by atoms with Gasteiger partial charge in [-0.15, -0.1) is 0 Å². The molecule has 0 aliphatic carbocycles. The molecule has 2 aromatic carbocycles. The molecule has 1 atom stereocenters. The van der Waals surface area contributed by atoms with Crippen LogP contribution in [0.4, 0.5) is 10.5 Å². The lowest BCUT2D eigenvalue weighted by Crippen LogP contribution is -2.39. The van der Waals surface area contributed by atoms with Gasteiger partial charge < -0.3 is 15.4 Å². The Morgan fingerprint density at radius 1 is 1.07 bits per heavy atom. The number of carbonyl (C=O) groups excluding carboxylic acids is 1. The number of amides is 2. The van der Waals surface area contributed by atoms with Crippen LogP contribution in [0.15, 0.2) is 36.4 Å². The smallest absolute Gasteiger partial charge is 0.319 e. The second-order valence-corrected chi connectivity index (χ2v) is 7.28. The molecule has 2 rings (SSSR count). The number of carbonyl (C=O) groups is 1. The monoisotopic (exact) mass is 368 g/mol. The summed E-state index contributed by atoms with van der Waals surface area (Å²) in [5.41, 5.74) is 5.44. The summed E-state index contributed by atoms with van der Waals surface area (Å²) >= 11 is 0. The summed E-state index contributed by atoms with van der Waals surface area (Å²) in [6.45, 7) is 10.6. The van der Waals surface area contributed by atoms with Gasteiger partial charge in [0.05, 0.1) is 6.04 Å². The lowest BCUT2D eigenvalue weighted by Gasteiger charge is -2.18. The molecule has 0 radical (unpaired) electrons. The van der Waals surface area contributed by atoms with Crippen LogP contribution in [-0.2, 0) is 6.42 Å². The fraction of sp³-hybridized carbons (Fsp3) is 0.435. The highest BCUT2D eigenvalue weighted by atomic mass is 16.5. The van der Waals surface area contributed by atoms with Crippen LogP contribution >= 0.6 is 0 Å². The van der Waals surface area contributed by atoms with Gasteiger partial charge in [-0.3, -0.25) is 0 Å². The van der Waals surface area contributed by atoms with Gasteiger partial charge in [0, 0.05) is 5.69 Å². The van der Waals surface area contributed by atoms with E-state index in [0.717, 1.165) is 34.5 Å². The fourth-order valence-electron chi connectivity index (χ4n) is 3.06. The summed E-state index contributed by atoms with van der Waals surface area (Å²) < 4.78 is 5.91. The Labute approximate surface area is 163 Å². The number of urea groups is 1. The number of para-hydroxylation sites is 1. The first-order valence-electron chi connectivity index (χ1n) is 9.76. The molecule has 0 saturated heterocycles. The predicted molar refractivity (Wildman–Crippen MR) is 113 cm³/mol. The number of rotatable bonds is 8. The third-order valence-electron chi connectivity index (χ3n) is 4.62. The molecule has 0 aliphatic rings. The molecule has 0 bridgehead atoms. The molecule has 2 N–H and O–H groups in total. The van der Waals surface area contributed by atoms with E-state index >= 15 is 0 Å². The molecule has 2 amide bonds. The first kappa shape index (κ1) is 20.8. The van der Waals surface area contributed by atoms with Crippen LogP contribution in [0.5, 0.6) is 5.75 Å². The van der Waals surface area contributed by atoms with E-state index in [2.05, 4.69) is 29.7 Å². The van der Waals surface area contributed by atoms with Crippen molar-refractivity contribution in [1.82, 2.24) is 5.32 Å². The standard InChI is InChI=1S/C23H32N2O2/c1-6-7-11-20-12-13-21(18(4)14-20)25-23(26)24-19(5)15-27-22-16(2)9-8-10-17(22)3/h8-10,12-14,19H,6-7,11,15H2,1-5H3,(H2,24,25,26). The minimum absolute atomic E-state index is 0.104. The number of hydrogen-bond donors (Lipinski definition) is 2. The number of unbranched alkanes of at least 4 members (excludes halogenated alkanes) is 1. The summed E-state index contributed by atoms with van der Waals surface area (Å²) in [6, 6.07) is 12.0. The van der Waals surface area contributed by atoms with Crippen LogP contribution in [-0.4, -0.2) is 18.7 Å². The average molecular weight is 369 g/mol. The number of hydrogen-bond acceptors (Lipinski definition) is 2. The largest absolute Gasteiger partial charge is 0.491 e. The lowest BCUT2D eigenvalue weighted by molar-refractivity contribution is 0.236. The van der Waals surface area contributed by atoms with Crippen molar-refractivity contribution < 1.29 is 9.53 Å². The average Bonchev–Trinajstić information content (AvgIpc) is 2.61. The van der Waals surface area contributed by atoms with Crippen molar-refractivity contribution in [2.24, 2.45) is 0 Å². The predicted octanol–water partition coefficient (Wildman–Crippen LogP) is 5.54.